The van der Waals surface area contributed by atoms with Crippen molar-refractivity contribution in [1.29, 1.82) is 0 Å². The minimum Gasteiger partial charge on any atom is -0.458 e. The molecule has 0 spiro atoms. The van der Waals surface area contributed by atoms with Gasteiger partial charge >= 0.3 is 5.97 Å². The fourth-order valence-electron chi connectivity index (χ4n) is 1.02. The molecule has 0 aliphatic heterocycles. The van der Waals surface area contributed by atoms with Crippen molar-refractivity contribution in [3.8, 4) is 0 Å². The first kappa shape index (κ1) is 11.0. The van der Waals surface area contributed by atoms with E-state index in [-0.39, 0.29) is 12.2 Å². The van der Waals surface area contributed by atoms with Gasteiger partial charge in [-0.1, -0.05) is 18.7 Å². The number of ether oxygens (including phenoxy) is 1. The van der Waals surface area contributed by atoms with Gasteiger partial charge in [0, 0.05) is 5.56 Å². The smallest absolute Gasteiger partial charge is 0.338 e. The Labute approximate surface area is 87.3 Å². The van der Waals surface area contributed by atoms with Crippen LogP contribution in [0.3, 0.4) is 0 Å². The predicted octanol–water partition coefficient (Wildman–Crippen LogP) is 1.13. The molecule has 0 aliphatic carbocycles. The molecule has 0 aliphatic rings. The standard InChI is InChI=1S/C11H11NO3/c1-2-6-15-11(14)9-5-3-4-8(7-9)10(12)13/h2-5,7H,1,6H2,(H2,12,13). The summed E-state index contributed by atoms with van der Waals surface area (Å²) >= 11 is 0. The lowest BCUT2D eigenvalue weighted by atomic mass is 10.1. The molecular formula is C11H11NO3. The summed E-state index contributed by atoms with van der Waals surface area (Å²) in [6.45, 7) is 3.56. The molecule has 4 heteroatoms. The first-order valence-corrected chi connectivity index (χ1v) is 4.33. The first-order valence-electron chi connectivity index (χ1n) is 4.33. The highest BCUT2D eigenvalue weighted by Crippen LogP contribution is 2.06. The number of rotatable bonds is 4. The van der Waals surface area contributed by atoms with Crippen molar-refractivity contribution in [2.24, 2.45) is 5.73 Å². The second kappa shape index (κ2) is 4.95. The molecule has 0 heterocycles. The SMILES string of the molecule is C=CCOC(=O)c1cccc(C(N)=O)c1. The van der Waals surface area contributed by atoms with Crippen LogP contribution in [0.15, 0.2) is 36.9 Å². The van der Waals surface area contributed by atoms with E-state index in [4.69, 9.17) is 10.5 Å². The molecule has 0 fully saturated rings. The molecule has 0 bridgehead atoms. The van der Waals surface area contributed by atoms with Crippen molar-refractivity contribution in [2.45, 2.75) is 0 Å². The molecule has 1 rings (SSSR count). The van der Waals surface area contributed by atoms with Crippen molar-refractivity contribution in [1.82, 2.24) is 0 Å². The summed E-state index contributed by atoms with van der Waals surface area (Å²) in [4.78, 5) is 22.2. The average Bonchev–Trinajstić information content (AvgIpc) is 2.26. The van der Waals surface area contributed by atoms with Crippen LogP contribution < -0.4 is 5.73 Å². The van der Waals surface area contributed by atoms with E-state index < -0.39 is 11.9 Å². The molecule has 0 atom stereocenters. The summed E-state index contributed by atoms with van der Waals surface area (Å²) in [5, 5.41) is 0. The lowest BCUT2D eigenvalue weighted by Crippen LogP contribution is -2.12. The van der Waals surface area contributed by atoms with Crippen molar-refractivity contribution in [2.75, 3.05) is 6.61 Å². The molecule has 4 nitrogen and oxygen atoms in total. The molecule has 15 heavy (non-hydrogen) atoms. The summed E-state index contributed by atoms with van der Waals surface area (Å²) in [6, 6.07) is 6.06. The van der Waals surface area contributed by atoms with Crippen LogP contribution >= 0.6 is 0 Å². The Balaban J connectivity index is 2.85. The van der Waals surface area contributed by atoms with E-state index in [1.165, 1.54) is 18.2 Å². The van der Waals surface area contributed by atoms with Crippen LogP contribution in [0.4, 0.5) is 0 Å². The largest absolute Gasteiger partial charge is 0.458 e. The van der Waals surface area contributed by atoms with Gasteiger partial charge < -0.3 is 10.5 Å². The maximum Gasteiger partial charge on any atom is 0.338 e. The number of benzene rings is 1. The number of carbonyl (C=O) groups is 2. The van der Waals surface area contributed by atoms with Crippen LogP contribution in [0.25, 0.3) is 0 Å². The van der Waals surface area contributed by atoms with E-state index in [1.807, 2.05) is 0 Å². The number of carbonyl (C=O) groups excluding carboxylic acids is 2. The highest BCUT2D eigenvalue weighted by molar-refractivity contribution is 5.97. The third-order valence-corrected chi connectivity index (χ3v) is 1.72. The van der Waals surface area contributed by atoms with Gasteiger partial charge in [-0.15, -0.1) is 0 Å². The first-order chi connectivity index (χ1) is 7.15. The average molecular weight is 205 g/mol. The van der Waals surface area contributed by atoms with Crippen LogP contribution in [-0.2, 0) is 4.74 Å². The summed E-state index contributed by atoms with van der Waals surface area (Å²) in [7, 11) is 0. The molecule has 1 aromatic carbocycles. The zero-order chi connectivity index (χ0) is 11.3. The van der Waals surface area contributed by atoms with Crippen molar-refractivity contribution < 1.29 is 14.3 Å². The molecule has 0 unspecified atom stereocenters. The van der Waals surface area contributed by atoms with E-state index >= 15 is 0 Å². The number of amides is 1. The van der Waals surface area contributed by atoms with Crippen LogP contribution in [0.1, 0.15) is 20.7 Å². The molecule has 1 amide bonds. The molecular weight excluding hydrogens is 194 g/mol. The molecule has 0 aromatic heterocycles. The predicted molar refractivity (Wildman–Crippen MR) is 55.4 cm³/mol. The quantitative estimate of drug-likeness (QED) is 0.591. The molecule has 78 valence electrons. The monoisotopic (exact) mass is 205 g/mol. The number of hydrogen-bond donors (Lipinski definition) is 1. The summed E-state index contributed by atoms with van der Waals surface area (Å²) < 4.78 is 4.80. The van der Waals surface area contributed by atoms with Crippen molar-refractivity contribution in [3.63, 3.8) is 0 Å². The summed E-state index contributed by atoms with van der Waals surface area (Å²) in [6.07, 6.45) is 1.47. The lowest BCUT2D eigenvalue weighted by molar-refractivity contribution is 0.0549. The third kappa shape index (κ3) is 2.95. The lowest BCUT2D eigenvalue weighted by Gasteiger charge is -2.02. The van der Waals surface area contributed by atoms with E-state index in [0.717, 1.165) is 0 Å². The molecule has 1 aromatic rings. The van der Waals surface area contributed by atoms with Gasteiger partial charge in [0.2, 0.25) is 5.91 Å². The third-order valence-electron chi connectivity index (χ3n) is 1.72. The van der Waals surface area contributed by atoms with Crippen molar-refractivity contribution >= 4 is 11.9 Å². The minimum absolute atomic E-state index is 0.139. The minimum atomic E-state index is -0.576. The zero-order valence-electron chi connectivity index (χ0n) is 8.10. The van der Waals surface area contributed by atoms with Crippen LogP contribution in [0, 0.1) is 0 Å². The normalized spacial score (nSPS) is 9.33. The van der Waals surface area contributed by atoms with Gasteiger partial charge in [-0.3, -0.25) is 4.79 Å². The van der Waals surface area contributed by atoms with E-state index in [2.05, 4.69) is 6.58 Å². The number of hydrogen-bond acceptors (Lipinski definition) is 3. The zero-order valence-corrected chi connectivity index (χ0v) is 8.10. The number of nitrogens with two attached hydrogens (primary N) is 1. The van der Waals surface area contributed by atoms with Gasteiger partial charge in [0.05, 0.1) is 5.56 Å². The number of esters is 1. The maximum atomic E-state index is 11.4. The van der Waals surface area contributed by atoms with Gasteiger partial charge in [0.25, 0.3) is 0 Å². The Kier molecular flexibility index (Phi) is 3.62. The second-order valence-electron chi connectivity index (χ2n) is 2.83. The van der Waals surface area contributed by atoms with Crippen LogP contribution in [0.2, 0.25) is 0 Å². The second-order valence-corrected chi connectivity index (χ2v) is 2.83. The van der Waals surface area contributed by atoms with E-state index in [9.17, 15) is 9.59 Å². The van der Waals surface area contributed by atoms with Gasteiger partial charge in [-0.2, -0.15) is 0 Å². The van der Waals surface area contributed by atoms with Gasteiger partial charge in [0.1, 0.15) is 6.61 Å². The highest BCUT2D eigenvalue weighted by atomic mass is 16.5. The summed E-state index contributed by atoms with van der Waals surface area (Å²) in [5.74, 6) is -1.08. The van der Waals surface area contributed by atoms with E-state index in [0.29, 0.717) is 5.56 Å². The Hall–Kier alpha value is -2.10. The topological polar surface area (TPSA) is 69.4 Å². The van der Waals surface area contributed by atoms with E-state index in [1.54, 1.807) is 12.1 Å². The fraction of sp³-hybridized carbons (Fsp3) is 0.0909. The van der Waals surface area contributed by atoms with Crippen LogP contribution in [-0.4, -0.2) is 18.5 Å². The van der Waals surface area contributed by atoms with Gasteiger partial charge in [-0.25, -0.2) is 4.79 Å². The van der Waals surface area contributed by atoms with Crippen LogP contribution in [0.5, 0.6) is 0 Å². The fourth-order valence-corrected chi connectivity index (χ4v) is 1.02. The Morgan fingerprint density at radius 3 is 2.67 bits per heavy atom. The highest BCUT2D eigenvalue weighted by Gasteiger charge is 2.08. The Morgan fingerprint density at radius 1 is 1.40 bits per heavy atom. The molecule has 0 saturated heterocycles. The maximum absolute atomic E-state index is 11.4. The molecule has 2 N–H and O–H groups in total. The Bertz CT molecular complexity index is 399. The van der Waals surface area contributed by atoms with Crippen molar-refractivity contribution in [3.05, 3.63) is 48.0 Å². The number of primary amides is 1. The summed E-state index contributed by atoms with van der Waals surface area (Å²) in [5.41, 5.74) is 5.66. The molecule has 0 saturated carbocycles. The Morgan fingerprint density at radius 2 is 2.07 bits per heavy atom. The van der Waals surface area contributed by atoms with Gasteiger partial charge in [0.15, 0.2) is 0 Å². The van der Waals surface area contributed by atoms with Gasteiger partial charge in [-0.05, 0) is 18.2 Å². The molecule has 0 radical (unpaired) electrons.